The Hall–Kier alpha value is -1.06. The summed E-state index contributed by atoms with van der Waals surface area (Å²) in [5.41, 5.74) is 5.93. The molecule has 1 fully saturated rings. The van der Waals surface area contributed by atoms with Crippen LogP contribution in [0.5, 0.6) is 0 Å². The minimum absolute atomic E-state index is 0.179. The molecule has 98 valence electrons. The van der Waals surface area contributed by atoms with E-state index in [0.717, 1.165) is 18.9 Å². The lowest BCUT2D eigenvalue weighted by atomic mass is 10.1. The molecule has 1 amide bonds. The van der Waals surface area contributed by atoms with E-state index < -0.39 is 0 Å². The summed E-state index contributed by atoms with van der Waals surface area (Å²) in [7, 11) is 0. The van der Waals surface area contributed by atoms with E-state index in [-0.39, 0.29) is 5.91 Å². The minimum atomic E-state index is 0.179. The Morgan fingerprint density at radius 3 is 2.41 bits per heavy atom. The van der Waals surface area contributed by atoms with E-state index in [0.29, 0.717) is 18.9 Å². The van der Waals surface area contributed by atoms with Crippen LogP contribution in [0.1, 0.15) is 46.0 Å². The summed E-state index contributed by atoms with van der Waals surface area (Å²) in [6.45, 7) is 6.08. The molecule has 1 aliphatic rings. The summed E-state index contributed by atoms with van der Waals surface area (Å²) in [6.07, 6.45) is 5.34. The van der Waals surface area contributed by atoms with Crippen LogP contribution in [0, 0.1) is 5.92 Å². The molecule has 2 N–H and O–H groups in total. The molecular weight excluding hydrogens is 214 g/mol. The summed E-state index contributed by atoms with van der Waals surface area (Å²) >= 11 is 0. The van der Waals surface area contributed by atoms with E-state index in [4.69, 9.17) is 5.73 Å². The summed E-state index contributed by atoms with van der Waals surface area (Å²) in [5.74, 6) is 1.41. The molecule has 0 saturated heterocycles. The number of rotatable bonds is 6. The Morgan fingerprint density at radius 1 is 1.29 bits per heavy atom. The number of aliphatic imine (C=N–C) groups is 1. The van der Waals surface area contributed by atoms with E-state index in [2.05, 4.69) is 4.99 Å². The smallest absolute Gasteiger partial charge is 0.224 e. The number of nitrogens with zero attached hydrogens (tertiary/aromatic N) is 2. The maximum atomic E-state index is 11.7. The van der Waals surface area contributed by atoms with Crippen molar-refractivity contribution in [1.29, 1.82) is 0 Å². The summed E-state index contributed by atoms with van der Waals surface area (Å²) < 4.78 is 0. The Balaban J connectivity index is 2.30. The van der Waals surface area contributed by atoms with Gasteiger partial charge in [0.1, 0.15) is 0 Å². The molecule has 0 spiro atoms. The van der Waals surface area contributed by atoms with Gasteiger partial charge in [-0.2, -0.15) is 0 Å². The van der Waals surface area contributed by atoms with Gasteiger partial charge >= 0.3 is 0 Å². The number of carbonyl (C=O) groups is 1. The van der Waals surface area contributed by atoms with Gasteiger partial charge in [-0.1, -0.05) is 12.8 Å². The van der Waals surface area contributed by atoms with Crippen molar-refractivity contribution >= 4 is 11.7 Å². The molecule has 0 unspecified atom stereocenters. The van der Waals surface area contributed by atoms with E-state index in [1.54, 1.807) is 0 Å². The predicted molar refractivity (Wildman–Crippen MR) is 71.0 cm³/mol. The van der Waals surface area contributed by atoms with E-state index in [1.807, 2.05) is 18.7 Å². The first-order valence-electron chi connectivity index (χ1n) is 6.76. The zero-order valence-electron chi connectivity index (χ0n) is 11.1. The van der Waals surface area contributed by atoms with E-state index in [9.17, 15) is 4.79 Å². The lowest BCUT2D eigenvalue weighted by Crippen LogP contribution is -2.31. The van der Waals surface area contributed by atoms with Crippen LogP contribution in [0.4, 0.5) is 0 Å². The van der Waals surface area contributed by atoms with Crippen molar-refractivity contribution in [3.63, 3.8) is 0 Å². The van der Waals surface area contributed by atoms with Crippen molar-refractivity contribution < 1.29 is 4.79 Å². The quantitative estimate of drug-likeness (QED) is 0.567. The normalized spacial score (nSPS) is 17.4. The fourth-order valence-electron chi connectivity index (χ4n) is 2.37. The van der Waals surface area contributed by atoms with Crippen molar-refractivity contribution in [2.45, 2.75) is 46.0 Å². The fraction of sp³-hybridized carbons (Fsp3) is 0.846. The number of hydrogen-bond acceptors (Lipinski definition) is 2. The number of nitrogens with two attached hydrogens (primary N) is 1. The first kappa shape index (κ1) is 14.0. The van der Waals surface area contributed by atoms with Gasteiger partial charge in [0, 0.05) is 32.0 Å². The van der Waals surface area contributed by atoms with E-state index in [1.165, 1.54) is 25.7 Å². The van der Waals surface area contributed by atoms with Crippen LogP contribution < -0.4 is 5.73 Å². The third-order valence-corrected chi connectivity index (χ3v) is 3.51. The summed E-state index contributed by atoms with van der Waals surface area (Å²) in [5, 5.41) is 0. The number of carbonyl (C=O) groups excluding carboxylic acids is 1. The highest BCUT2D eigenvalue weighted by atomic mass is 16.2. The summed E-state index contributed by atoms with van der Waals surface area (Å²) in [4.78, 5) is 17.9. The molecule has 4 nitrogen and oxygen atoms in total. The Labute approximate surface area is 104 Å². The van der Waals surface area contributed by atoms with Crippen LogP contribution in [-0.2, 0) is 4.79 Å². The maximum Gasteiger partial charge on any atom is 0.224 e. The molecule has 0 aromatic heterocycles. The van der Waals surface area contributed by atoms with Gasteiger partial charge in [0.15, 0.2) is 0 Å². The molecule has 0 bridgehead atoms. The second-order valence-corrected chi connectivity index (χ2v) is 4.60. The second-order valence-electron chi connectivity index (χ2n) is 4.60. The zero-order chi connectivity index (χ0) is 12.7. The number of hydrogen-bond donors (Lipinski definition) is 1. The van der Waals surface area contributed by atoms with Crippen LogP contribution in [0.15, 0.2) is 4.99 Å². The average molecular weight is 239 g/mol. The van der Waals surface area contributed by atoms with Crippen molar-refractivity contribution in [2.24, 2.45) is 16.6 Å². The van der Waals surface area contributed by atoms with Crippen molar-refractivity contribution in [1.82, 2.24) is 4.90 Å². The monoisotopic (exact) mass is 239 g/mol. The summed E-state index contributed by atoms with van der Waals surface area (Å²) in [6, 6.07) is 0. The highest BCUT2D eigenvalue weighted by Gasteiger charge is 2.18. The van der Waals surface area contributed by atoms with Crippen molar-refractivity contribution in [3.8, 4) is 0 Å². The minimum Gasteiger partial charge on any atom is -0.387 e. The molecule has 17 heavy (non-hydrogen) atoms. The third-order valence-electron chi connectivity index (χ3n) is 3.51. The van der Waals surface area contributed by atoms with Gasteiger partial charge < -0.3 is 10.6 Å². The molecule has 0 radical (unpaired) electrons. The third kappa shape index (κ3) is 4.36. The lowest BCUT2D eigenvalue weighted by molar-refractivity contribution is -0.130. The fourth-order valence-corrected chi connectivity index (χ4v) is 2.37. The molecule has 1 saturated carbocycles. The van der Waals surface area contributed by atoms with Crippen molar-refractivity contribution in [3.05, 3.63) is 0 Å². The molecule has 4 heteroatoms. The zero-order valence-corrected chi connectivity index (χ0v) is 11.1. The Morgan fingerprint density at radius 2 is 1.88 bits per heavy atom. The molecule has 0 heterocycles. The highest BCUT2D eigenvalue weighted by Crippen LogP contribution is 2.24. The van der Waals surface area contributed by atoms with Crippen LogP contribution in [0.25, 0.3) is 0 Å². The first-order valence-corrected chi connectivity index (χ1v) is 6.76. The van der Waals surface area contributed by atoms with Crippen LogP contribution >= 0.6 is 0 Å². The maximum absolute atomic E-state index is 11.7. The molecule has 0 aromatic rings. The lowest BCUT2D eigenvalue weighted by Gasteiger charge is -2.18. The van der Waals surface area contributed by atoms with Gasteiger partial charge in [0.05, 0.1) is 5.84 Å². The van der Waals surface area contributed by atoms with Gasteiger partial charge in [0.2, 0.25) is 5.91 Å². The van der Waals surface area contributed by atoms with E-state index >= 15 is 0 Å². The molecule has 0 aliphatic heterocycles. The average Bonchev–Trinajstić information content (AvgIpc) is 2.84. The van der Waals surface area contributed by atoms with Crippen molar-refractivity contribution in [2.75, 3.05) is 19.6 Å². The molecular formula is C13H25N3O. The van der Waals surface area contributed by atoms with Gasteiger partial charge in [-0.25, -0.2) is 0 Å². The topological polar surface area (TPSA) is 58.7 Å². The Kier molecular flexibility index (Phi) is 6.01. The molecule has 1 rings (SSSR count). The van der Waals surface area contributed by atoms with Gasteiger partial charge in [0.25, 0.3) is 0 Å². The molecule has 1 aliphatic carbocycles. The molecule has 0 aromatic carbocycles. The van der Waals surface area contributed by atoms with Gasteiger partial charge in [-0.3, -0.25) is 9.79 Å². The number of amides is 1. The predicted octanol–water partition coefficient (Wildman–Crippen LogP) is 1.79. The second kappa shape index (κ2) is 7.30. The standard InChI is InChI=1S/C13H25N3O/c1-3-16(4-2)12(17)9-10-15-13(14)11-7-5-6-8-11/h11H,3-10H2,1-2H3,(H2,14,15). The molecule has 0 atom stereocenters. The highest BCUT2D eigenvalue weighted by molar-refractivity contribution is 5.83. The van der Waals surface area contributed by atoms with Gasteiger partial charge in [-0.05, 0) is 26.7 Å². The first-order chi connectivity index (χ1) is 8.19. The van der Waals surface area contributed by atoms with Gasteiger partial charge in [-0.15, -0.1) is 0 Å². The van der Waals surface area contributed by atoms with Crippen LogP contribution in [-0.4, -0.2) is 36.3 Å². The SMILES string of the molecule is CCN(CC)C(=O)CCN=C(N)C1CCCC1. The largest absolute Gasteiger partial charge is 0.387 e. The number of amidine groups is 1. The Bertz CT molecular complexity index is 266. The van der Waals surface area contributed by atoms with Crippen LogP contribution in [0.2, 0.25) is 0 Å². The van der Waals surface area contributed by atoms with Crippen LogP contribution in [0.3, 0.4) is 0 Å².